The largest absolute Gasteiger partial charge is 0.480 e. The van der Waals surface area contributed by atoms with E-state index in [1.165, 1.54) is 5.56 Å². The fourth-order valence-corrected chi connectivity index (χ4v) is 3.85. The third-order valence-corrected chi connectivity index (χ3v) is 5.30. The van der Waals surface area contributed by atoms with Crippen LogP contribution >= 0.6 is 0 Å². The number of urea groups is 1. The number of hydrogen-bond acceptors (Lipinski definition) is 3. The van der Waals surface area contributed by atoms with Gasteiger partial charge >= 0.3 is 12.0 Å². The number of nitrogens with zero attached hydrogens (tertiary/aromatic N) is 2. The van der Waals surface area contributed by atoms with Gasteiger partial charge in [-0.1, -0.05) is 50.6 Å². The van der Waals surface area contributed by atoms with Crippen LogP contribution in [0.1, 0.15) is 45.1 Å². The second-order valence-electron chi connectivity index (χ2n) is 7.30. The van der Waals surface area contributed by atoms with E-state index in [4.69, 9.17) is 5.11 Å². The highest BCUT2D eigenvalue weighted by Crippen LogP contribution is 2.17. The first-order valence-electron chi connectivity index (χ1n) is 10.1. The van der Waals surface area contributed by atoms with Crippen molar-refractivity contribution in [3.8, 4) is 0 Å². The molecule has 2 N–H and O–H groups in total. The minimum Gasteiger partial charge on any atom is -0.480 e. The van der Waals surface area contributed by atoms with Crippen LogP contribution < -0.4 is 5.32 Å². The fourth-order valence-electron chi connectivity index (χ4n) is 3.85. The molecule has 0 spiro atoms. The van der Waals surface area contributed by atoms with Gasteiger partial charge in [0.05, 0.1) is 6.54 Å². The molecule has 0 aliphatic carbocycles. The monoisotopic (exact) mass is 375 g/mol. The number of carboxylic acids is 1. The topological polar surface area (TPSA) is 72.9 Å². The molecule has 1 aromatic carbocycles. The molecule has 0 bridgehead atoms. The molecule has 1 heterocycles. The quantitative estimate of drug-likeness (QED) is 0.696. The summed E-state index contributed by atoms with van der Waals surface area (Å²) in [5, 5.41) is 12.2. The zero-order valence-corrected chi connectivity index (χ0v) is 16.6. The van der Waals surface area contributed by atoms with Crippen LogP contribution in [0.15, 0.2) is 30.3 Å². The summed E-state index contributed by atoms with van der Waals surface area (Å²) in [7, 11) is 0. The molecule has 1 unspecified atom stereocenters. The number of benzene rings is 1. The highest BCUT2D eigenvalue weighted by atomic mass is 16.4. The van der Waals surface area contributed by atoms with E-state index >= 15 is 0 Å². The lowest BCUT2D eigenvalue weighted by Gasteiger charge is -2.38. The average molecular weight is 376 g/mol. The van der Waals surface area contributed by atoms with Gasteiger partial charge in [0, 0.05) is 25.2 Å². The Balaban J connectivity index is 1.85. The molecule has 150 valence electrons. The maximum atomic E-state index is 12.7. The minimum absolute atomic E-state index is 0.00381. The van der Waals surface area contributed by atoms with Crippen molar-refractivity contribution in [2.75, 3.05) is 26.2 Å². The summed E-state index contributed by atoms with van der Waals surface area (Å²) in [5.74, 6) is -0.791. The number of likely N-dealkylation sites (N-methyl/N-ethyl adjacent to an activating group) is 1. The van der Waals surface area contributed by atoms with Gasteiger partial charge in [0.2, 0.25) is 0 Å². The highest BCUT2D eigenvalue weighted by Gasteiger charge is 2.28. The molecule has 1 aliphatic rings. The van der Waals surface area contributed by atoms with Crippen LogP contribution in [0, 0.1) is 0 Å². The van der Waals surface area contributed by atoms with Crippen molar-refractivity contribution in [3.63, 3.8) is 0 Å². The van der Waals surface area contributed by atoms with Crippen LogP contribution in [0.3, 0.4) is 0 Å². The van der Waals surface area contributed by atoms with Gasteiger partial charge in [-0.15, -0.1) is 0 Å². The maximum Gasteiger partial charge on any atom is 0.317 e. The molecule has 2 rings (SSSR count). The van der Waals surface area contributed by atoms with E-state index in [1.807, 2.05) is 34.9 Å². The Morgan fingerprint density at radius 2 is 1.89 bits per heavy atom. The van der Waals surface area contributed by atoms with Crippen LogP contribution in [0.2, 0.25) is 0 Å². The summed E-state index contributed by atoms with van der Waals surface area (Å²) in [5.41, 5.74) is 1.24. The van der Waals surface area contributed by atoms with Gasteiger partial charge in [0.15, 0.2) is 0 Å². The van der Waals surface area contributed by atoms with E-state index in [0.29, 0.717) is 13.1 Å². The first kappa shape index (κ1) is 21.2. The average Bonchev–Trinajstić information content (AvgIpc) is 2.67. The number of aliphatic carboxylic acids is 1. The third-order valence-electron chi connectivity index (χ3n) is 5.30. The van der Waals surface area contributed by atoms with Gasteiger partial charge in [-0.3, -0.25) is 9.69 Å². The number of likely N-dealkylation sites (tertiary alicyclic amines) is 1. The normalized spacial score (nSPS) is 16.3. The SMILES string of the molecule is CCCC(Cc1ccccc1)NC(=O)N1CCC(N(CC)CC(=O)O)CC1. The predicted octanol–water partition coefficient (Wildman–Crippen LogP) is 2.98. The molecule has 6 nitrogen and oxygen atoms in total. The van der Waals surface area contributed by atoms with E-state index in [0.717, 1.165) is 38.6 Å². The zero-order chi connectivity index (χ0) is 19.6. The second kappa shape index (κ2) is 10.9. The number of carbonyl (C=O) groups excluding carboxylic acids is 1. The standard InChI is InChI=1S/C21H33N3O3/c1-3-8-18(15-17-9-6-5-7-10-17)22-21(27)24-13-11-19(12-14-24)23(4-2)16-20(25)26/h5-7,9-10,18-19H,3-4,8,11-16H2,1-2H3,(H,22,27)(H,25,26). The second-order valence-corrected chi connectivity index (χ2v) is 7.30. The molecular weight excluding hydrogens is 342 g/mol. The van der Waals surface area contributed by atoms with Crippen LogP contribution in [0.4, 0.5) is 4.79 Å². The Labute approximate surface area is 162 Å². The van der Waals surface area contributed by atoms with Crippen molar-refractivity contribution in [1.82, 2.24) is 15.1 Å². The van der Waals surface area contributed by atoms with Gasteiger partial charge in [0.1, 0.15) is 0 Å². The number of amides is 2. The van der Waals surface area contributed by atoms with E-state index in [9.17, 15) is 9.59 Å². The minimum atomic E-state index is -0.791. The van der Waals surface area contributed by atoms with Crippen molar-refractivity contribution in [1.29, 1.82) is 0 Å². The van der Waals surface area contributed by atoms with Gasteiger partial charge in [-0.2, -0.15) is 0 Å². The lowest BCUT2D eigenvalue weighted by atomic mass is 10.0. The lowest BCUT2D eigenvalue weighted by molar-refractivity contribution is -0.139. The summed E-state index contributed by atoms with van der Waals surface area (Å²) in [4.78, 5) is 27.6. The van der Waals surface area contributed by atoms with Crippen LogP contribution in [0.5, 0.6) is 0 Å². The summed E-state index contributed by atoms with van der Waals surface area (Å²) in [6.45, 7) is 6.27. The van der Waals surface area contributed by atoms with Gasteiger partial charge in [-0.25, -0.2) is 4.79 Å². The number of nitrogens with one attached hydrogen (secondary N) is 1. The molecule has 0 saturated carbocycles. The van der Waals surface area contributed by atoms with Gasteiger partial charge < -0.3 is 15.3 Å². The number of piperidine rings is 1. The number of rotatable bonds is 9. The maximum absolute atomic E-state index is 12.7. The number of carboxylic acid groups (broad SMARTS) is 1. The van der Waals surface area contributed by atoms with Crippen LogP contribution in [-0.4, -0.2) is 65.2 Å². The zero-order valence-electron chi connectivity index (χ0n) is 16.6. The molecule has 0 aromatic heterocycles. The van der Waals surface area contributed by atoms with Crippen LogP contribution in [0.25, 0.3) is 0 Å². The number of hydrogen-bond donors (Lipinski definition) is 2. The molecule has 6 heteroatoms. The molecule has 27 heavy (non-hydrogen) atoms. The molecule has 1 aromatic rings. The summed E-state index contributed by atoms with van der Waals surface area (Å²) in [6, 6.07) is 10.6. The van der Waals surface area contributed by atoms with Crippen LogP contribution in [-0.2, 0) is 11.2 Å². The fraction of sp³-hybridized carbons (Fsp3) is 0.619. The van der Waals surface area contributed by atoms with Crippen molar-refractivity contribution >= 4 is 12.0 Å². The summed E-state index contributed by atoms with van der Waals surface area (Å²) < 4.78 is 0. The predicted molar refractivity (Wildman–Crippen MR) is 107 cm³/mol. The Morgan fingerprint density at radius 3 is 2.44 bits per heavy atom. The molecule has 1 atom stereocenters. The molecule has 2 amide bonds. The van der Waals surface area contributed by atoms with E-state index in [2.05, 4.69) is 24.4 Å². The van der Waals surface area contributed by atoms with Gasteiger partial charge in [-0.05, 0) is 37.8 Å². The molecular formula is C21H33N3O3. The first-order valence-corrected chi connectivity index (χ1v) is 10.1. The Hall–Kier alpha value is -2.08. The Morgan fingerprint density at radius 1 is 1.22 bits per heavy atom. The van der Waals surface area contributed by atoms with Crippen molar-refractivity contribution in [3.05, 3.63) is 35.9 Å². The van der Waals surface area contributed by atoms with E-state index in [-0.39, 0.29) is 24.7 Å². The van der Waals surface area contributed by atoms with E-state index in [1.54, 1.807) is 0 Å². The highest BCUT2D eigenvalue weighted by molar-refractivity contribution is 5.74. The smallest absolute Gasteiger partial charge is 0.317 e. The van der Waals surface area contributed by atoms with Gasteiger partial charge in [0.25, 0.3) is 0 Å². The van der Waals surface area contributed by atoms with Crippen molar-refractivity contribution in [2.45, 2.75) is 58.0 Å². The van der Waals surface area contributed by atoms with Crippen molar-refractivity contribution in [2.24, 2.45) is 0 Å². The molecule has 0 radical (unpaired) electrons. The summed E-state index contributed by atoms with van der Waals surface area (Å²) >= 11 is 0. The Bertz CT molecular complexity index is 586. The third kappa shape index (κ3) is 6.86. The van der Waals surface area contributed by atoms with E-state index < -0.39 is 5.97 Å². The summed E-state index contributed by atoms with van der Waals surface area (Å²) in [6.07, 6.45) is 4.48. The first-order chi connectivity index (χ1) is 13.0. The molecule has 1 saturated heterocycles. The molecule has 1 fully saturated rings. The molecule has 1 aliphatic heterocycles. The Kier molecular flexibility index (Phi) is 8.58. The number of carbonyl (C=O) groups is 2. The lowest BCUT2D eigenvalue weighted by Crippen LogP contribution is -2.52. The van der Waals surface area contributed by atoms with Crippen molar-refractivity contribution < 1.29 is 14.7 Å².